The fourth-order valence-corrected chi connectivity index (χ4v) is 2.52. The highest BCUT2D eigenvalue weighted by Gasteiger charge is 2.12. The first-order valence-electron chi connectivity index (χ1n) is 7.92. The molecule has 2 N–H and O–H groups in total. The quantitative estimate of drug-likeness (QED) is 0.721. The lowest BCUT2D eigenvalue weighted by Crippen LogP contribution is -2.32. The van der Waals surface area contributed by atoms with Crippen LogP contribution in [0.4, 0.5) is 10.5 Å². The highest BCUT2D eigenvalue weighted by molar-refractivity contribution is 6.30. The zero-order chi connectivity index (χ0) is 16.8. The molecule has 0 aromatic heterocycles. The van der Waals surface area contributed by atoms with Gasteiger partial charge in [0.2, 0.25) is 0 Å². The van der Waals surface area contributed by atoms with Gasteiger partial charge >= 0.3 is 6.03 Å². The Morgan fingerprint density at radius 2 is 1.57 bits per heavy atom. The van der Waals surface area contributed by atoms with Gasteiger partial charge in [-0.25, -0.2) is 4.79 Å². The van der Waals surface area contributed by atoms with Crippen molar-refractivity contribution in [2.45, 2.75) is 39.2 Å². The lowest BCUT2D eigenvalue weighted by atomic mass is 10.0. The van der Waals surface area contributed by atoms with Gasteiger partial charge in [0.25, 0.3) is 0 Å². The van der Waals surface area contributed by atoms with Crippen LogP contribution in [-0.2, 0) is 0 Å². The predicted molar refractivity (Wildman–Crippen MR) is 97.2 cm³/mol. The second-order valence-corrected chi connectivity index (χ2v) is 6.32. The number of hydrogen-bond acceptors (Lipinski definition) is 1. The Hall–Kier alpha value is -2.00. The highest BCUT2D eigenvalue weighted by Crippen LogP contribution is 2.20. The van der Waals surface area contributed by atoms with Crippen LogP contribution < -0.4 is 10.6 Å². The number of amides is 2. The molecule has 0 spiro atoms. The lowest BCUT2D eigenvalue weighted by molar-refractivity contribution is 0.248. The first-order valence-corrected chi connectivity index (χ1v) is 8.30. The Morgan fingerprint density at radius 1 is 1.00 bits per heavy atom. The molecule has 0 aliphatic heterocycles. The molecule has 0 saturated carbocycles. The SMILES string of the molecule is CCC(NC(=O)Nc1ccc(C(C)C)cc1)c1ccc(Cl)cc1. The van der Waals surface area contributed by atoms with Crippen LogP contribution in [-0.4, -0.2) is 6.03 Å². The lowest BCUT2D eigenvalue weighted by Gasteiger charge is -2.18. The van der Waals surface area contributed by atoms with E-state index in [0.29, 0.717) is 10.9 Å². The second kappa shape index (κ2) is 8.02. The van der Waals surface area contributed by atoms with Crippen molar-refractivity contribution >= 4 is 23.3 Å². The average Bonchev–Trinajstić information content (AvgIpc) is 2.54. The largest absolute Gasteiger partial charge is 0.331 e. The Bertz CT molecular complexity index is 635. The molecule has 0 radical (unpaired) electrons. The summed E-state index contributed by atoms with van der Waals surface area (Å²) < 4.78 is 0. The summed E-state index contributed by atoms with van der Waals surface area (Å²) in [4.78, 5) is 12.2. The Balaban J connectivity index is 1.98. The second-order valence-electron chi connectivity index (χ2n) is 5.89. The fourth-order valence-electron chi connectivity index (χ4n) is 2.39. The van der Waals surface area contributed by atoms with E-state index in [4.69, 9.17) is 11.6 Å². The van der Waals surface area contributed by atoms with Gasteiger partial charge in [0.05, 0.1) is 6.04 Å². The van der Waals surface area contributed by atoms with Crippen molar-refractivity contribution in [1.82, 2.24) is 5.32 Å². The Kier molecular flexibility index (Phi) is 6.05. The number of hydrogen-bond donors (Lipinski definition) is 2. The number of urea groups is 1. The van der Waals surface area contributed by atoms with Gasteiger partial charge in [0.15, 0.2) is 0 Å². The van der Waals surface area contributed by atoms with E-state index in [0.717, 1.165) is 17.7 Å². The zero-order valence-electron chi connectivity index (χ0n) is 13.8. The van der Waals surface area contributed by atoms with Gasteiger partial charge in [0, 0.05) is 10.7 Å². The molecule has 0 bridgehead atoms. The van der Waals surface area contributed by atoms with E-state index in [-0.39, 0.29) is 12.1 Å². The van der Waals surface area contributed by atoms with E-state index in [2.05, 4.69) is 24.5 Å². The molecule has 0 fully saturated rings. The number of carbonyl (C=O) groups excluding carboxylic acids is 1. The van der Waals surface area contributed by atoms with Crippen LogP contribution in [0.15, 0.2) is 48.5 Å². The minimum Gasteiger partial charge on any atom is -0.331 e. The Labute approximate surface area is 143 Å². The molecule has 122 valence electrons. The van der Waals surface area contributed by atoms with E-state index in [1.54, 1.807) is 0 Å². The van der Waals surface area contributed by atoms with Crippen LogP contribution in [0.25, 0.3) is 0 Å². The summed E-state index contributed by atoms with van der Waals surface area (Å²) >= 11 is 5.91. The summed E-state index contributed by atoms with van der Waals surface area (Å²) in [5.41, 5.74) is 3.09. The first-order chi connectivity index (χ1) is 11.0. The van der Waals surface area contributed by atoms with E-state index >= 15 is 0 Å². The van der Waals surface area contributed by atoms with E-state index < -0.39 is 0 Å². The normalized spacial score (nSPS) is 12.0. The maximum absolute atomic E-state index is 12.2. The molecule has 4 heteroatoms. The van der Waals surface area contributed by atoms with E-state index in [1.165, 1.54) is 5.56 Å². The molecule has 3 nitrogen and oxygen atoms in total. The number of halogens is 1. The molecule has 2 amide bonds. The molecule has 2 rings (SSSR count). The minimum atomic E-state index is -0.205. The number of anilines is 1. The maximum Gasteiger partial charge on any atom is 0.319 e. The van der Waals surface area contributed by atoms with Gasteiger partial charge in [-0.05, 0) is 47.7 Å². The van der Waals surface area contributed by atoms with Gasteiger partial charge in [0.1, 0.15) is 0 Å². The molecule has 0 aliphatic rings. The highest BCUT2D eigenvalue weighted by atomic mass is 35.5. The summed E-state index contributed by atoms with van der Waals surface area (Å²) in [6, 6.07) is 15.2. The minimum absolute atomic E-state index is 0.0396. The van der Waals surface area contributed by atoms with Gasteiger partial charge in [-0.2, -0.15) is 0 Å². The van der Waals surface area contributed by atoms with Gasteiger partial charge in [-0.3, -0.25) is 0 Å². The zero-order valence-corrected chi connectivity index (χ0v) is 14.5. The summed E-state index contributed by atoms with van der Waals surface area (Å²) in [5, 5.41) is 6.57. The summed E-state index contributed by atoms with van der Waals surface area (Å²) in [7, 11) is 0. The van der Waals surface area contributed by atoms with Gasteiger partial charge < -0.3 is 10.6 Å². The maximum atomic E-state index is 12.2. The smallest absolute Gasteiger partial charge is 0.319 e. The first kappa shape index (κ1) is 17.4. The van der Waals surface area contributed by atoms with Crippen LogP contribution in [0, 0.1) is 0 Å². The van der Waals surface area contributed by atoms with Crippen molar-refractivity contribution in [1.29, 1.82) is 0 Å². The molecule has 2 aromatic carbocycles. The molecular weight excluding hydrogens is 308 g/mol. The van der Waals surface area contributed by atoms with E-state index in [9.17, 15) is 4.79 Å². The molecule has 0 heterocycles. The summed E-state index contributed by atoms with van der Waals surface area (Å²) in [6.45, 7) is 6.33. The van der Waals surface area contributed by atoms with Crippen molar-refractivity contribution in [2.24, 2.45) is 0 Å². The third kappa shape index (κ3) is 5.00. The Morgan fingerprint density at radius 3 is 2.09 bits per heavy atom. The van der Waals surface area contributed by atoms with Crippen molar-refractivity contribution in [3.8, 4) is 0 Å². The topological polar surface area (TPSA) is 41.1 Å². The van der Waals surface area contributed by atoms with Crippen LogP contribution in [0.5, 0.6) is 0 Å². The third-order valence-electron chi connectivity index (χ3n) is 3.82. The van der Waals surface area contributed by atoms with Crippen LogP contribution >= 0.6 is 11.6 Å². The fraction of sp³-hybridized carbons (Fsp3) is 0.316. The molecule has 0 saturated heterocycles. The van der Waals surface area contributed by atoms with Crippen molar-refractivity contribution in [3.63, 3.8) is 0 Å². The van der Waals surface area contributed by atoms with Crippen molar-refractivity contribution in [2.75, 3.05) is 5.32 Å². The molecular formula is C19H23ClN2O. The third-order valence-corrected chi connectivity index (χ3v) is 4.07. The van der Waals surface area contributed by atoms with Crippen LogP contribution in [0.3, 0.4) is 0 Å². The van der Waals surface area contributed by atoms with Crippen LogP contribution in [0.1, 0.15) is 50.3 Å². The monoisotopic (exact) mass is 330 g/mol. The van der Waals surface area contributed by atoms with Crippen molar-refractivity contribution < 1.29 is 4.79 Å². The molecule has 0 aliphatic carbocycles. The molecule has 1 unspecified atom stereocenters. The number of rotatable bonds is 5. The molecule has 23 heavy (non-hydrogen) atoms. The summed E-state index contributed by atoms with van der Waals surface area (Å²) in [5.74, 6) is 0.479. The predicted octanol–water partition coefficient (Wildman–Crippen LogP) is 5.74. The van der Waals surface area contributed by atoms with Crippen molar-refractivity contribution in [3.05, 3.63) is 64.7 Å². The standard InChI is InChI=1S/C19H23ClN2O/c1-4-18(15-5-9-16(20)10-6-15)22-19(23)21-17-11-7-14(8-12-17)13(2)3/h5-13,18H,4H2,1-3H3,(H2,21,22,23). The molecule has 1 atom stereocenters. The average molecular weight is 331 g/mol. The number of carbonyl (C=O) groups is 1. The molecule has 2 aromatic rings. The van der Waals surface area contributed by atoms with Gasteiger partial charge in [-0.1, -0.05) is 56.6 Å². The summed E-state index contributed by atoms with van der Waals surface area (Å²) in [6.07, 6.45) is 0.807. The number of benzene rings is 2. The van der Waals surface area contributed by atoms with Gasteiger partial charge in [-0.15, -0.1) is 0 Å². The van der Waals surface area contributed by atoms with Crippen LogP contribution in [0.2, 0.25) is 5.02 Å². The number of nitrogens with one attached hydrogen (secondary N) is 2. The van der Waals surface area contributed by atoms with E-state index in [1.807, 2.05) is 55.5 Å².